The standard InChI is InChI=1S/C23H24N2O7/c1-14(2)32-18-10-5-4-9-17(18)20-19(22(27)23(28)24(20)11-12-31-3)21(26)15-7-6-8-16(13-15)25(29)30/h4-10,13-14,20,26H,11-12H2,1-3H3/b21-19-. The van der Waals surface area contributed by atoms with Crippen molar-refractivity contribution in [3.63, 3.8) is 0 Å². The highest BCUT2D eigenvalue weighted by atomic mass is 16.6. The number of Topliss-reactive ketones (excluding diaryl/α,β-unsaturated/α-hetero) is 1. The molecular weight excluding hydrogens is 416 g/mol. The monoisotopic (exact) mass is 440 g/mol. The first-order chi connectivity index (χ1) is 15.3. The number of methoxy groups -OCH3 is 1. The molecule has 0 radical (unpaired) electrons. The molecule has 0 bridgehead atoms. The van der Waals surface area contributed by atoms with E-state index in [0.29, 0.717) is 11.3 Å². The van der Waals surface area contributed by atoms with Crippen LogP contribution in [0.25, 0.3) is 5.76 Å². The van der Waals surface area contributed by atoms with Gasteiger partial charge in [-0.2, -0.15) is 0 Å². The molecule has 1 heterocycles. The largest absolute Gasteiger partial charge is 0.507 e. The molecule has 2 aromatic rings. The Morgan fingerprint density at radius 3 is 2.56 bits per heavy atom. The van der Waals surface area contributed by atoms with Crippen LogP contribution in [-0.4, -0.2) is 53.0 Å². The second kappa shape index (κ2) is 9.61. The lowest BCUT2D eigenvalue weighted by atomic mass is 9.94. The third-order valence-corrected chi connectivity index (χ3v) is 4.98. The predicted octanol–water partition coefficient (Wildman–Crippen LogP) is 3.45. The van der Waals surface area contributed by atoms with Crippen LogP contribution >= 0.6 is 0 Å². The van der Waals surface area contributed by atoms with Gasteiger partial charge in [-0.25, -0.2) is 0 Å². The molecule has 0 saturated carbocycles. The topological polar surface area (TPSA) is 119 Å². The zero-order valence-corrected chi connectivity index (χ0v) is 18.0. The van der Waals surface area contributed by atoms with Crippen LogP contribution in [0.4, 0.5) is 5.69 Å². The molecule has 1 aliphatic heterocycles. The molecule has 1 atom stereocenters. The van der Waals surface area contributed by atoms with Gasteiger partial charge in [0.05, 0.1) is 29.2 Å². The predicted molar refractivity (Wildman–Crippen MR) is 116 cm³/mol. The van der Waals surface area contributed by atoms with Crippen LogP contribution in [0, 0.1) is 10.1 Å². The fraction of sp³-hybridized carbons (Fsp3) is 0.304. The molecule has 1 amide bonds. The zero-order chi connectivity index (χ0) is 23.4. The Bertz CT molecular complexity index is 1080. The Morgan fingerprint density at radius 1 is 1.19 bits per heavy atom. The van der Waals surface area contributed by atoms with Crippen LogP contribution in [-0.2, 0) is 14.3 Å². The van der Waals surface area contributed by atoms with Crippen molar-refractivity contribution >= 4 is 23.1 Å². The highest BCUT2D eigenvalue weighted by Crippen LogP contribution is 2.42. The van der Waals surface area contributed by atoms with Crippen LogP contribution in [0.3, 0.4) is 0 Å². The molecule has 1 unspecified atom stereocenters. The number of ether oxygens (including phenoxy) is 2. The number of rotatable bonds is 8. The van der Waals surface area contributed by atoms with Gasteiger partial charge in [0, 0.05) is 36.9 Å². The van der Waals surface area contributed by atoms with E-state index in [9.17, 15) is 24.8 Å². The van der Waals surface area contributed by atoms with Crippen LogP contribution in [0.2, 0.25) is 0 Å². The number of nitro benzene ring substituents is 1. The van der Waals surface area contributed by atoms with E-state index < -0.39 is 28.4 Å². The molecule has 2 aromatic carbocycles. The quantitative estimate of drug-likeness (QED) is 0.219. The number of aliphatic hydroxyl groups is 1. The van der Waals surface area contributed by atoms with Crippen molar-refractivity contribution < 1.29 is 29.1 Å². The van der Waals surface area contributed by atoms with E-state index in [4.69, 9.17) is 9.47 Å². The Kier molecular flexibility index (Phi) is 6.89. The van der Waals surface area contributed by atoms with Crippen molar-refractivity contribution in [2.24, 2.45) is 0 Å². The van der Waals surface area contributed by atoms with E-state index in [1.165, 1.54) is 30.2 Å². The average Bonchev–Trinajstić information content (AvgIpc) is 3.01. The molecule has 1 aliphatic rings. The maximum atomic E-state index is 13.0. The number of hydrogen-bond acceptors (Lipinski definition) is 7. The number of likely N-dealkylation sites (tertiary alicyclic amines) is 1. The van der Waals surface area contributed by atoms with Gasteiger partial charge in [0.25, 0.3) is 17.4 Å². The van der Waals surface area contributed by atoms with Gasteiger partial charge >= 0.3 is 0 Å². The molecule has 1 N–H and O–H groups in total. The first kappa shape index (κ1) is 23.0. The van der Waals surface area contributed by atoms with Crippen molar-refractivity contribution in [2.45, 2.75) is 26.0 Å². The number of nitrogens with zero attached hydrogens (tertiary/aromatic N) is 2. The first-order valence-electron chi connectivity index (χ1n) is 10.0. The zero-order valence-electron chi connectivity index (χ0n) is 18.0. The molecular formula is C23H24N2O7. The van der Waals surface area contributed by atoms with Crippen LogP contribution in [0.1, 0.15) is 31.0 Å². The molecule has 168 valence electrons. The Labute approximate surface area is 185 Å². The Morgan fingerprint density at radius 2 is 1.91 bits per heavy atom. The summed E-state index contributed by atoms with van der Waals surface area (Å²) in [6.45, 7) is 3.98. The van der Waals surface area contributed by atoms with Gasteiger partial charge in [-0.3, -0.25) is 19.7 Å². The summed E-state index contributed by atoms with van der Waals surface area (Å²) in [5, 5.41) is 22.2. The van der Waals surface area contributed by atoms with E-state index in [1.807, 2.05) is 13.8 Å². The van der Waals surface area contributed by atoms with Crippen molar-refractivity contribution in [1.29, 1.82) is 0 Å². The highest BCUT2D eigenvalue weighted by Gasteiger charge is 2.47. The molecule has 9 nitrogen and oxygen atoms in total. The number of carbonyl (C=O) groups is 2. The number of non-ortho nitro benzene ring substituents is 1. The molecule has 0 spiro atoms. The van der Waals surface area contributed by atoms with E-state index in [1.54, 1.807) is 24.3 Å². The highest BCUT2D eigenvalue weighted by molar-refractivity contribution is 6.46. The van der Waals surface area contributed by atoms with Gasteiger partial charge in [-0.05, 0) is 19.9 Å². The van der Waals surface area contributed by atoms with Gasteiger partial charge < -0.3 is 19.5 Å². The van der Waals surface area contributed by atoms with Crippen molar-refractivity contribution in [3.8, 4) is 5.75 Å². The minimum absolute atomic E-state index is 0.0659. The molecule has 32 heavy (non-hydrogen) atoms. The lowest BCUT2D eigenvalue weighted by molar-refractivity contribution is -0.384. The molecule has 3 rings (SSSR count). The molecule has 1 fully saturated rings. The number of hydrogen-bond donors (Lipinski definition) is 1. The number of ketones is 1. The first-order valence-corrected chi connectivity index (χ1v) is 10.0. The molecule has 9 heteroatoms. The normalized spacial score (nSPS) is 17.8. The van der Waals surface area contributed by atoms with E-state index >= 15 is 0 Å². The number of benzene rings is 2. The van der Waals surface area contributed by atoms with Crippen LogP contribution < -0.4 is 4.74 Å². The van der Waals surface area contributed by atoms with Crippen molar-refractivity contribution in [2.75, 3.05) is 20.3 Å². The van der Waals surface area contributed by atoms with Gasteiger partial charge in [-0.1, -0.05) is 30.3 Å². The van der Waals surface area contributed by atoms with E-state index in [2.05, 4.69) is 0 Å². The summed E-state index contributed by atoms with van der Waals surface area (Å²) >= 11 is 0. The fourth-order valence-electron chi connectivity index (χ4n) is 3.61. The number of nitro groups is 1. The minimum atomic E-state index is -0.945. The SMILES string of the molecule is COCCN1C(=O)C(=O)/C(=C(\O)c2cccc([N+](=O)[O-])c2)C1c1ccccc1OC(C)C. The van der Waals surface area contributed by atoms with Crippen molar-refractivity contribution in [3.05, 3.63) is 75.3 Å². The van der Waals surface area contributed by atoms with Crippen LogP contribution in [0.15, 0.2) is 54.1 Å². The number of para-hydroxylation sites is 1. The number of carbonyl (C=O) groups excluding carboxylic acids is 2. The summed E-state index contributed by atoms with van der Waals surface area (Å²) in [5.41, 5.74) is 0.175. The second-order valence-corrected chi connectivity index (χ2v) is 7.50. The number of aliphatic hydroxyl groups excluding tert-OH is 1. The maximum absolute atomic E-state index is 13.0. The minimum Gasteiger partial charge on any atom is -0.507 e. The summed E-state index contributed by atoms with van der Waals surface area (Å²) in [6.07, 6.45) is -0.172. The fourth-order valence-corrected chi connectivity index (χ4v) is 3.61. The average molecular weight is 440 g/mol. The van der Waals surface area contributed by atoms with Gasteiger partial charge in [0.1, 0.15) is 11.5 Å². The Hall–Kier alpha value is -3.72. The maximum Gasteiger partial charge on any atom is 0.295 e. The molecule has 0 aliphatic carbocycles. The van der Waals surface area contributed by atoms with E-state index in [-0.39, 0.29) is 36.1 Å². The third kappa shape index (κ3) is 4.47. The number of amides is 1. The Balaban J connectivity index is 2.22. The van der Waals surface area contributed by atoms with Crippen molar-refractivity contribution in [1.82, 2.24) is 4.90 Å². The molecule has 0 aromatic heterocycles. The van der Waals surface area contributed by atoms with Gasteiger partial charge in [0.15, 0.2) is 0 Å². The van der Waals surface area contributed by atoms with Gasteiger partial charge in [0.2, 0.25) is 0 Å². The lowest BCUT2D eigenvalue weighted by Gasteiger charge is -2.27. The molecule has 1 saturated heterocycles. The summed E-state index contributed by atoms with van der Waals surface area (Å²) in [6, 6.07) is 11.3. The van der Waals surface area contributed by atoms with Gasteiger partial charge in [-0.15, -0.1) is 0 Å². The smallest absolute Gasteiger partial charge is 0.295 e. The third-order valence-electron chi connectivity index (χ3n) is 4.98. The second-order valence-electron chi connectivity index (χ2n) is 7.50. The lowest BCUT2D eigenvalue weighted by Crippen LogP contribution is -2.33. The summed E-state index contributed by atoms with van der Waals surface area (Å²) in [5.74, 6) is -1.70. The summed E-state index contributed by atoms with van der Waals surface area (Å²) < 4.78 is 11.0. The van der Waals surface area contributed by atoms with E-state index in [0.717, 1.165) is 6.07 Å². The van der Waals surface area contributed by atoms with Crippen LogP contribution in [0.5, 0.6) is 5.75 Å². The summed E-state index contributed by atoms with van der Waals surface area (Å²) in [7, 11) is 1.48. The summed E-state index contributed by atoms with van der Waals surface area (Å²) in [4.78, 5) is 37.8.